The van der Waals surface area contributed by atoms with Crippen molar-refractivity contribution in [3.8, 4) is 12.3 Å². The smallest absolute Gasteiger partial charge is 0.240 e. The van der Waals surface area contributed by atoms with Crippen LogP contribution in [0.3, 0.4) is 0 Å². The molecule has 0 aliphatic carbocycles. The molecule has 1 aromatic heterocycles. The van der Waals surface area contributed by atoms with Gasteiger partial charge < -0.3 is 0 Å². The molecule has 2 N–H and O–H groups in total. The van der Waals surface area contributed by atoms with Crippen molar-refractivity contribution in [2.75, 3.05) is 18.4 Å². The number of terminal acetylenes is 1. The SMILES string of the molecule is C#CCNCC(=O)Nc1nc(C)ns1. The number of nitrogens with zero attached hydrogens (tertiary/aromatic N) is 2. The van der Waals surface area contributed by atoms with Crippen molar-refractivity contribution >= 4 is 22.6 Å². The largest absolute Gasteiger partial charge is 0.300 e. The second kappa shape index (κ2) is 5.32. The summed E-state index contributed by atoms with van der Waals surface area (Å²) in [5, 5.41) is 5.88. The van der Waals surface area contributed by atoms with Gasteiger partial charge in [-0.3, -0.25) is 15.4 Å². The van der Waals surface area contributed by atoms with Gasteiger partial charge in [0.2, 0.25) is 11.0 Å². The van der Waals surface area contributed by atoms with Crippen LogP contribution >= 0.6 is 11.5 Å². The molecule has 0 aliphatic rings. The van der Waals surface area contributed by atoms with E-state index in [1.807, 2.05) is 0 Å². The second-order valence-corrected chi connectivity index (χ2v) is 3.25. The number of carbonyl (C=O) groups is 1. The van der Waals surface area contributed by atoms with Crippen LogP contribution in [0.25, 0.3) is 0 Å². The standard InChI is InChI=1S/C8H10N4OS/c1-3-4-9-5-7(13)11-8-10-6(2)12-14-8/h1,9H,4-5H2,2H3,(H,10,11,12,13). The molecule has 5 nitrogen and oxygen atoms in total. The number of aromatic nitrogens is 2. The molecule has 74 valence electrons. The highest BCUT2D eigenvalue weighted by Gasteiger charge is 2.04. The molecule has 1 amide bonds. The van der Waals surface area contributed by atoms with E-state index in [1.54, 1.807) is 6.92 Å². The van der Waals surface area contributed by atoms with Gasteiger partial charge in [-0.15, -0.1) is 6.42 Å². The Hall–Kier alpha value is -1.45. The van der Waals surface area contributed by atoms with Crippen LogP contribution in [0.4, 0.5) is 5.13 Å². The summed E-state index contributed by atoms with van der Waals surface area (Å²) in [6, 6.07) is 0. The van der Waals surface area contributed by atoms with Crippen LogP contribution in [0.1, 0.15) is 5.82 Å². The Morgan fingerprint density at radius 2 is 2.50 bits per heavy atom. The van der Waals surface area contributed by atoms with Crippen LogP contribution in [0.15, 0.2) is 0 Å². The third-order valence-corrected chi connectivity index (χ3v) is 2.01. The third kappa shape index (κ3) is 3.51. The first-order valence-corrected chi connectivity index (χ1v) is 4.74. The number of hydrogen-bond acceptors (Lipinski definition) is 5. The lowest BCUT2D eigenvalue weighted by atomic mass is 10.5. The first-order chi connectivity index (χ1) is 6.72. The molecule has 6 heteroatoms. The highest BCUT2D eigenvalue weighted by atomic mass is 32.1. The van der Waals surface area contributed by atoms with E-state index in [0.29, 0.717) is 17.5 Å². The number of nitrogens with one attached hydrogen (secondary N) is 2. The van der Waals surface area contributed by atoms with Gasteiger partial charge in [0.05, 0.1) is 13.1 Å². The van der Waals surface area contributed by atoms with Crippen molar-refractivity contribution in [1.82, 2.24) is 14.7 Å². The van der Waals surface area contributed by atoms with Crippen LogP contribution in [0.5, 0.6) is 0 Å². The van der Waals surface area contributed by atoms with E-state index < -0.39 is 0 Å². The van der Waals surface area contributed by atoms with Crippen molar-refractivity contribution in [2.45, 2.75) is 6.92 Å². The number of aryl methyl sites for hydroxylation is 1. The van der Waals surface area contributed by atoms with Gasteiger partial charge in [-0.25, -0.2) is 4.98 Å². The molecule has 0 aliphatic heterocycles. The normalized spacial score (nSPS) is 9.43. The summed E-state index contributed by atoms with van der Waals surface area (Å²) in [4.78, 5) is 15.2. The minimum absolute atomic E-state index is 0.170. The van der Waals surface area contributed by atoms with E-state index in [4.69, 9.17) is 6.42 Å². The van der Waals surface area contributed by atoms with E-state index in [0.717, 1.165) is 11.5 Å². The predicted octanol–water partition coefficient (Wildman–Crippen LogP) is 0.00782. The number of rotatable bonds is 4. The maximum atomic E-state index is 11.2. The molecular weight excluding hydrogens is 200 g/mol. The van der Waals surface area contributed by atoms with E-state index >= 15 is 0 Å². The van der Waals surface area contributed by atoms with Crippen molar-refractivity contribution < 1.29 is 4.79 Å². The third-order valence-electron chi connectivity index (χ3n) is 1.29. The van der Waals surface area contributed by atoms with Gasteiger partial charge in [0.15, 0.2) is 0 Å². The Kier molecular flexibility index (Phi) is 4.04. The zero-order valence-electron chi connectivity index (χ0n) is 7.70. The number of hydrogen-bond donors (Lipinski definition) is 2. The first kappa shape index (κ1) is 10.6. The van der Waals surface area contributed by atoms with Crippen LogP contribution in [-0.2, 0) is 4.79 Å². The molecular formula is C8H10N4OS. The molecule has 0 fully saturated rings. The fraction of sp³-hybridized carbons (Fsp3) is 0.375. The highest BCUT2D eigenvalue weighted by Crippen LogP contribution is 2.09. The summed E-state index contributed by atoms with van der Waals surface area (Å²) < 4.78 is 3.93. The van der Waals surface area contributed by atoms with E-state index in [9.17, 15) is 4.79 Å². The summed E-state index contributed by atoms with van der Waals surface area (Å²) in [5.41, 5.74) is 0. The van der Waals surface area contributed by atoms with Gasteiger partial charge in [-0.05, 0) is 6.92 Å². The van der Waals surface area contributed by atoms with Crippen molar-refractivity contribution in [3.63, 3.8) is 0 Å². The van der Waals surface area contributed by atoms with Crippen molar-refractivity contribution in [2.24, 2.45) is 0 Å². The van der Waals surface area contributed by atoms with E-state index in [2.05, 4.69) is 25.9 Å². The summed E-state index contributed by atoms with van der Waals surface area (Å²) in [6.45, 7) is 2.33. The van der Waals surface area contributed by atoms with Gasteiger partial charge in [0, 0.05) is 11.5 Å². The molecule has 14 heavy (non-hydrogen) atoms. The zero-order chi connectivity index (χ0) is 10.4. The van der Waals surface area contributed by atoms with Crippen LogP contribution in [0, 0.1) is 19.3 Å². The minimum atomic E-state index is -0.170. The molecule has 0 spiro atoms. The van der Waals surface area contributed by atoms with Gasteiger partial charge >= 0.3 is 0 Å². The second-order valence-electron chi connectivity index (χ2n) is 2.50. The quantitative estimate of drug-likeness (QED) is 0.542. The lowest BCUT2D eigenvalue weighted by molar-refractivity contribution is -0.115. The molecule has 0 saturated carbocycles. The monoisotopic (exact) mass is 210 g/mol. The molecule has 0 aromatic carbocycles. The molecule has 0 unspecified atom stereocenters. The average molecular weight is 210 g/mol. The topological polar surface area (TPSA) is 66.9 Å². The summed E-state index contributed by atoms with van der Waals surface area (Å²) in [5.74, 6) is 2.86. The van der Waals surface area contributed by atoms with Crippen LogP contribution in [-0.4, -0.2) is 28.4 Å². The Labute approximate surface area is 86.1 Å². The van der Waals surface area contributed by atoms with Crippen LogP contribution in [0.2, 0.25) is 0 Å². The maximum Gasteiger partial charge on any atom is 0.240 e. The fourth-order valence-corrected chi connectivity index (χ4v) is 1.35. The molecule has 1 aromatic rings. The van der Waals surface area contributed by atoms with Crippen molar-refractivity contribution in [1.29, 1.82) is 0 Å². The zero-order valence-corrected chi connectivity index (χ0v) is 8.52. The summed E-state index contributed by atoms with van der Waals surface area (Å²) >= 11 is 1.16. The van der Waals surface area contributed by atoms with E-state index in [1.165, 1.54) is 0 Å². The van der Waals surface area contributed by atoms with Gasteiger partial charge in [-0.2, -0.15) is 4.37 Å². The first-order valence-electron chi connectivity index (χ1n) is 3.96. The number of amides is 1. The molecule has 0 saturated heterocycles. The average Bonchev–Trinajstić information content (AvgIpc) is 2.52. The minimum Gasteiger partial charge on any atom is -0.300 e. The molecule has 1 rings (SSSR count). The Morgan fingerprint density at radius 3 is 3.07 bits per heavy atom. The molecule has 0 bridgehead atoms. The molecule has 0 radical (unpaired) electrons. The fourth-order valence-electron chi connectivity index (χ4n) is 0.760. The molecule has 0 atom stereocenters. The Morgan fingerprint density at radius 1 is 1.71 bits per heavy atom. The van der Waals surface area contributed by atoms with Gasteiger partial charge in [0.25, 0.3) is 0 Å². The predicted molar refractivity (Wildman–Crippen MR) is 55.0 cm³/mol. The number of anilines is 1. The van der Waals surface area contributed by atoms with Crippen LogP contribution < -0.4 is 10.6 Å². The van der Waals surface area contributed by atoms with Gasteiger partial charge in [0.1, 0.15) is 5.82 Å². The lowest BCUT2D eigenvalue weighted by Gasteiger charge is -1.99. The van der Waals surface area contributed by atoms with E-state index in [-0.39, 0.29) is 12.5 Å². The summed E-state index contributed by atoms with van der Waals surface area (Å²) in [6.07, 6.45) is 5.01. The maximum absolute atomic E-state index is 11.2. The van der Waals surface area contributed by atoms with Gasteiger partial charge in [-0.1, -0.05) is 5.92 Å². The Bertz CT molecular complexity index is 354. The Balaban J connectivity index is 2.31. The highest BCUT2D eigenvalue weighted by molar-refractivity contribution is 7.09. The van der Waals surface area contributed by atoms with Crippen molar-refractivity contribution in [3.05, 3.63) is 5.82 Å². The molecule has 1 heterocycles. The number of carbonyl (C=O) groups excluding carboxylic acids is 1. The summed E-state index contributed by atoms with van der Waals surface area (Å²) in [7, 11) is 0. The lowest BCUT2D eigenvalue weighted by Crippen LogP contribution is -2.28.